The van der Waals surface area contributed by atoms with Crippen molar-refractivity contribution in [1.29, 1.82) is 0 Å². The Kier molecular flexibility index (Phi) is 2.95. The molecule has 0 spiro atoms. The zero-order valence-electron chi connectivity index (χ0n) is 7.78. The highest BCUT2D eigenvalue weighted by Gasteiger charge is 2.20. The first kappa shape index (κ1) is 9.54. The Morgan fingerprint density at radius 1 is 1.40 bits per heavy atom. The van der Waals surface area contributed by atoms with E-state index in [1.165, 1.54) is 0 Å². The maximum absolute atomic E-state index is 3.81. The Bertz CT molecular complexity index is 123. The maximum atomic E-state index is 3.81. The lowest BCUT2D eigenvalue weighted by molar-refractivity contribution is 0.313. The van der Waals surface area contributed by atoms with Crippen LogP contribution < -0.4 is 5.32 Å². The molecule has 60 valence electrons. The summed E-state index contributed by atoms with van der Waals surface area (Å²) < 4.78 is 0. The minimum Gasteiger partial charge on any atom is -0.384 e. The van der Waals surface area contributed by atoms with E-state index >= 15 is 0 Å². The van der Waals surface area contributed by atoms with Crippen LogP contribution >= 0.6 is 0 Å². The average Bonchev–Trinajstić information content (AvgIpc) is 1.60. The molecule has 0 aliphatic rings. The third-order valence-corrected chi connectivity index (χ3v) is 1.98. The molecule has 0 unspecified atom stereocenters. The number of hydrogen-bond acceptors (Lipinski definition) is 1. The first-order valence-electron chi connectivity index (χ1n) is 3.80. The van der Waals surface area contributed by atoms with Crippen molar-refractivity contribution < 1.29 is 0 Å². The van der Waals surface area contributed by atoms with Gasteiger partial charge in [-0.15, -0.1) is 0 Å². The van der Waals surface area contributed by atoms with Gasteiger partial charge in [-0.2, -0.15) is 0 Å². The van der Waals surface area contributed by atoms with Gasteiger partial charge in [0.2, 0.25) is 0 Å². The summed E-state index contributed by atoms with van der Waals surface area (Å²) in [4.78, 5) is 0. The van der Waals surface area contributed by atoms with E-state index in [0.717, 1.165) is 5.70 Å². The second-order valence-electron chi connectivity index (χ2n) is 3.78. The fourth-order valence-corrected chi connectivity index (χ4v) is 0.694. The summed E-state index contributed by atoms with van der Waals surface area (Å²) in [5.41, 5.74) is 1.21. The van der Waals surface area contributed by atoms with Crippen LogP contribution in [0.4, 0.5) is 0 Å². The summed E-state index contributed by atoms with van der Waals surface area (Å²) in [6, 6.07) is 0. The number of allylic oxidation sites excluding steroid dienone is 1. The molecule has 1 heteroatoms. The van der Waals surface area contributed by atoms with Crippen molar-refractivity contribution in [1.82, 2.24) is 5.32 Å². The van der Waals surface area contributed by atoms with Gasteiger partial charge in [-0.25, -0.2) is 0 Å². The molecular formula is C9H19N. The number of rotatable bonds is 3. The minimum atomic E-state index is 0.172. The van der Waals surface area contributed by atoms with Crippen LogP contribution in [-0.4, -0.2) is 5.54 Å². The molecule has 0 saturated heterocycles. The second kappa shape index (κ2) is 3.09. The predicted octanol–water partition coefficient (Wildman–Crippen LogP) is 2.54. The zero-order valence-corrected chi connectivity index (χ0v) is 7.78. The van der Waals surface area contributed by atoms with E-state index in [1.54, 1.807) is 0 Å². The van der Waals surface area contributed by atoms with Crippen LogP contribution in [0.5, 0.6) is 0 Å². The van der Waals surface area contributed by atoms with Crippen LogP contribution in [0.15, 0.2) is 12.3 Å². The Morgan fingerprint density at radius 2 is 1.80 bits per heavy atom. The van der Waals surface area contributed by atoms with Gasteiger partial charge < -0.3 is 5.32 Å². The van der Waals surface area contributed by atoms with Gasteiger partial charge in [-0.05, 0) is 26.7 Å². The van der Waals surface area contributed by atoms with Gasteiger partial charge >= 0.3 is 0 Å². The lowest BCUT2D eigenvalue weighted by atomic mass is 9.90. The van der Waals surface area contributed by atoms with Gasteiger partial charge in [0.1, 0.15) is 0 Å². The van der Waals surface area contributed by atoms with Crippen molar-refractivity contribution >= 4 is 0 Å². The average molecular weight is 141 g/mol. The quantitative estimate of drug-likeness (QED) is 0.637. The molecule has 0 fully saturated rings. The highest BCUT2D eigenvalue weighted by molar-refractivity contribution is 4.94. The molecule has 0 aromatic rings. The third-order valence-electron chi connectivity index (χ3n) is 1.98. The molecule has 0 aliphatic heterocycles. The van der Waals surface area contributed by atoms with Crippen molar-refractivity contribution in [2.24, 2.45) is 5.92 Å². The van der Waals surface area contributed by atoms with Gasteiger partial charge in [0.05, 0.1) is 0 Å². The van der Waals surface area contributed by atoms with Crippen LogP contribution in [0.2, 0.25) is 0 Å². The van der Waals surface area contributed by atoms with Crippen LogP contribution in [0.25, 0.3) is 0 Å². The Hall–Kier alpha value is -0.460. The summed E-state index contributed by atoms with van der Waals surface area (Å²) in [6.45, 7) is 14.6. The highest BCUT2D eigenvalue weighted by Crippen LogP contribution is 2.15. The van der Waals surface area contributed by atoms with Gasteiger partial charge in [-0.1, -0.05) is 20.4 Å². The smallest absolute Gasteiger partial charge is 0.0337 e. The molecule has 1 nitrogen and oxygen atoms in total. The minimum absolute atomic E-state index is 0.172. The summed E-state index contributed by atoms with van der Waals surface area (Å²) in [7, 11) is 0. The molecule has 0 rings (SSSR count). The van der Waals surface area contributed by atoms with Crippen LogP contribution in [0, 0.1) is 5.92 Å². The van der Waals surface area contributed by atoms with Crippen molar-refractivity contribution in [3.05, 3.63) is 12.3 Å². The molecule has 0 radical (unpaired) electrons. The van der Waals surface area contributed by atoms with E-state index < -0.39 is 0 Å². The predicted molar refractivity (Wildman–Crippen MR) is 46.9 cm³/mol. The fraction of sp³-hybridized carbons (Fsp3) is 0.778. The molecular weight excluding hydrogens is 122 g/mol. The summed E-state index contributed by atoms with van der Waals surface area (Å²) >= 11 is 0. The van der Waals surface area contributed by atoms with E-state index in [1.807, 2.05) is 6.92 Å². The van der Waals surface area contributed by atoms with Gasteiger partial charge in [0.15, 0.2) is 0 Å². The first-order chi connectivity index (χ1) is 4.36. The molecule has 0 aliphatic carbocycles. The van der Waals surface area contributed by atoms with Crippen LogP contribution in [0.3, 0.4) is 0 Å². The lowest BCUT2D eigenvalue weighted by Crippen LogP contribution is -2.42. The normalized spacial score (nSPS) is 11.8. The summed E-state index contributed by atoms with van der Waals surface area (Å²) in [5, 5.41) is 3.32. The van der Waals surface area contributed by atoms with Crippen molar-refractivity contribution in [3.8, 4) is 0 Å². The van der Waals surface area contributed by atoms with Crippen LogP contribution in [-0.2, 0) is 0 Å². The second-order valence-corrected chi connectivity index (χ2v) is 3.78. The molecule has 0 atom stereocenters. The number of hydrogen-bond donors (Lipinski definition) is 1. The molecule has 1 N–H and O–H groups in total. The van der Waals surface area contributed by atoms with Gasteiger partial charge in [-0.3, -0.25) is 0 Å². The van der Waals surface area contributed by atoms with Crippen LogP contribution in [0.1, 0.15) is 34.6 Å². The van der Waals surface area contributed by atoms with E-state index in [4.69, 9.17) is 0 Å². The summed E-state index contributed by atoms with van der Waals surface area (Å²) in [6.07, 6.45) is 0. The Balaban J connectivity index is 3.99. The molecule has 0 aromatic carbocycles. The van der Waals surface area contributed by atoms with Gasteiger partial charge in [0, 0.05) is 11.2 Å². The van der Waals surface area contributed by atoms with E-state index in [-0.39, 0.29) is 5.54 Å². The SMILES string of the molecule is C=C(C)NC(C)(C)C(C)C. The Morgan fingerprint density at radius 3 is 1.90 bits per heavy atom. The standard InChI is InChI=1S/C9H19N/c1-7(2)9(5,6)10-8(3)4/h7,10H,3H2,1-2,4-6H3. The maximum Gasteiger partial charge on any atom is 0.0337 e. The molecule has 0 amide bonds. The molecule has 0 bridgehead atoms. The molecule has 0 aromatic heterocycles. The largest absolute Gasteiger partial charge is 0.384 e. The van der Waals surface area contributed by atoms with E-state index in [9.17, 15) is 0 Å². The van der Waals surface area contributed by atoms with E-state index in [0.29, 0.717) is 5.92 Å². The van der Waals surface area contributed by atoms with Crippen molar-refractivity contribution in [3.63, 3.8) is 0 Å². The first-order valence-corrected chi connectivity index (χ1v) is 3.80. The zero-order chi connectivity index (χ0) is 8.36. The monoisotopic (exact) mass is 141 g/mol. The third kappa shape index (κ3) is 2.90. The van der Waals surface area contributed by atoms with E-state index in [2.05, 4.69) is 39.6 Å². The van der Waals surface area contributed by atoms with Crippen molar-refractivity contribution in [2.45, 2.75) is 40.2 Å². The Labute approximate surface area is 64.5 Å². The molecule has 0 saturated carbocycles. The topological polar surface area (TPSA) is 12.0 Å². The van der Waals surface area contributed by atoms with Crippen molar-refractivity contribution in [2.75, 3.05) is 0 Å². The molecule has 10 heavy (non-hydrogen) atoms. The summed E-state index contributed by atoms with van der Waals surface area (Å²) in [5.74, 6) is 0.629. The van der Waals surface area contributed by atoms with Gasteiger partial charge in [0.25, 0.3) is 0 Å². The number of nitrogens with one attached hydrogen (secondary N) is 1. The molecule has 0 heterocycles. The fourth-order valence-electron chi connectivity index (χ4n) is 0.694. The lowest BCUT2D eigenvalue weighted by Gasteiger charge is -2.31. The highest BCUT2D eigenvalue weighted by atomic mass is 15.0.